The van der Waals surface area contributed by atoms with Crippen LogP contribution in [0.5, 0.6) is 0 Å². The van der Waals surface area contributed by atoms with Crippen LogP contribution in [0.15, 0.2) is 22.5 Å². The number of hydrogen-bond donors (Lipinski definition) is 2. The van der Waals surface area contributed by atoms with Crippen molar-refractivity contribution in [2.24, 2.45) is 10.9 Å². The van der Waals surface area contributed by atoms with Gasteiger partial charge < -0.3 is 15.4 Å². The molecule has 1 atom stereocenters. The highest BCUT2D eigenvalue weighted by molar-refractivity contribution is 7.10. The lowest BCUT2D eigenvalue weighted by molar-refractivity contribution is 0.0186. The number of ether oxygens (including phenoxy) is 1. The second kappa shape index (κ2) is 10.7. The molecule has 0 aliphatic carbocycles. The van der Waals surface area contributed by atoms with Crippen molar-refractivity contribution in [2.45, 2.75) is 33.2 Å². The normalized spacial score (nSPS) is 17.9. The van der Waals surface area contributed by atoms with Crippen molar-refractivity contribution in [3.8, 4) is 0 Å². The van der Waals surface area contributed by atoms with E-state index in [-0.39, 0.29) is 0 Å². The summed E-state index contributed by atoms with van der Waals surface area (Å²) in [6, 6.07) is 4.69. The first-order chi connectivity index (χ1) is 11.7. The minimum Gasteiger partial charge on any atom is -0.379 e. The van der Waals surface area contributed by atoms with Gasteiger partial charge in [-0.25, -0.2) is 0 Å². The number of nitrogens with zero attached hydrogens (tertiary/aromatic N) is 2. The Morgan fingerprint density at radius 1 is 1.33 bits per heavy atom. The zero-order chi connectivity index (χ0) is 17.2. The number of hydrogen-bond acceptors (Lipinski definition) is 4. The number of nitrogens with one attached hydrogen (secondary N) is 2. The Morgan fingerprint density at radius 2 is 2.12 bits per heavy atom. The van der Waals surface area contributed by atoms with E-state index in [9.17, 15) is 0 Å². The fraction of sp³-hybridized carbons (Fsp3) is 0.722. The van der Waals surface area contributed by atoms with Gasteiger partial charge in [-0.2, -0.15) is 0 Å². The summed E-state index contributed by atoms with van der Waals surface area (Å²) in [6.07, 6.45) is 1.15. The number of guanidine groups is 1. The molecular weight excluding hydrogens is 320 g/mol. The van der Waals surface area contributed by atoms with Crippen LogP contribution in [-0.2, 0) is 4.74 Å². The minimum atomic E-state index is 0.342. The monoisotopic (exact) mass is 352 g/mol. The number of aliphatic imine (C=N–C) groups is 1. The summed E-state index contributed by atoms with van der Waals surface area (Å²) in [7, 11) is 0. The summed E-state index contributed by atoms with van der Waals surface area (Å²) in [4.78, 5) is 8.74. The highest BCUT2D eigenvalue weighted by atomic mass is 32.1. The molecule has 0 bridgehead atoms. The lowest BCUT2D eigenvalue weighted by Gasteiger charge is -2.33. The van der Waals surface area contributed by atoms with E-state index in [4.69, 9.17) is 9.73 Å². The summed E-state index contributed by atoms with van der Waals surface area (Å²) in [5, 5.41) is 8.97. The van der Waals surface area contributed by atoms with Gasteiger partial charge in [0, 0.05) is 31.1 Å². The Hall–Kier alpha value is -1.11. The van der Waals surface area contributed by atoms with Gasteiger partial charge in [-0.15, -0.1) is 11.3 Å². The van der Waals surface area contributed by atoms with Gasteiger partial charge in [-0.3, -0.25) is 9.89 Å². The molecule has 6 heteroatoms. The molecule has 2 N–H and O–H groups in total. The van der Waals surface area contributed by atoms with Gasteiger partial charge in [0.1, 0.15) is 0 Å². The molecule has 5 nitrogen and oxygen atoms in total. The van der Waals surface area contributed by atoms with Gasteiger partial charge >= 0.3 is 0 Å². The summed E-state index contributed by atoms with van der Waals surface area (Å²) in [5.41, 5.74) is 0. The molecule has 1 aliphatic rings. The van der Waals surface area contributed by atoms with Crippen molar-refractivity contribution in [2.75, 3.05) is 45.9 Å². The van der Waals surface area contributed by atoms with Crippen LogP contribution in [0.1, 0.15) is 38.1 Å². The molecule has 1 unspecified atom stereocenters. The van der Waals surface area contributed by atoms with E-state index in [1.54, 1.807) is 0 Å². The van der Waals surface area contributed by atoms with E-state index in [0.717, 1.165) is 58.3 Å². The van der Waals surface area contributed by atoms with E-state index in [1.807, 2.05) is 11.3 Å². The van der Waals surface area contributed by atoms with Crippen LogP contribution in [-0.4, -0.2) is 56.8 Å². The van der Waals surface area contributed by atoms with Crippen molar-refractivity contribution in [1.82, 2.24) is 15.5 Å². The largest absolute Gasteiger partial charge is 0.379 e. The molecule has 1 fully saturated rings. The number of thiophene rings is 1. The molecular formula is C18H32N4OS. The quantitative estimate of drug-likeness (QED) is 0.558. The summed E-state index contributed by atoms with van der Waals surface area (Å²) in [6.45, 7) is 12.8. The molecule has 0 amide bonds. The number of morpholine rings is 1. The molecule has 1 aromatic rings. The van der Waals surface area contributed by atoms with Gasteiger partial charge in [0.25, 0.3) is 0 Å². The first kappa shape index (κ1) is 19.2. The zero-order valence-electron chi connectivity index (χ0n) is 15.3. The highest BCUT2D eigenvalue weighted by Crippen LogP contribution is 2.26. The van der Waals surface area contributed by atoms with Gasteiger partial charge in [0.05, 0.1) is 25.8 Å². The zero-order valence-corrected chi connectivity index (χ0v) is 16.1. The van der Waals surface area contributed by atoms with Crippen LogP contribution in [0.2, 0.25) is 0 Å². The van der Waals surface area contributed by atoms with E-state index in [2.05, 4.69) is 53.8 Å². The van der Waals surface area contributed by atoms with Crippen LogP contribution < -0.4 is 10.6 Å². The van der Waals surface area contributed by atoms with Crippen LogP contribution in [0.25, 0.3) is 0 Å². The van der Waals surface area contributed by atoms with Crippen LogP contribution in [0, 0.1) is 5.92 Å². The van der Waals surface area contributed by atoms with Crippen LogP contribution in [0.3, 0.4) is 0 Å². The summed E-state index contributed by atoms with van der Waals surface area (Å²) >= 11 is 1.82. The lowest BCUT2D eigenvalue weighted by atomic mass is 10.1. The molecule has 2 heterocycles. The molecule has 1 aromatic heterocycles. The molecule has 1 aliphatic heterocycles. The van der Waals surface area contributed by atoms with Crippen LogP contribution >= 0.6 is 11.3 Å². The van der Waals surface area contributed by atoms with E-state index in [1.165, 1.54) is 4.88 Å². The van der Waals surface area contributed by atoms with Gasteiger partial charge in [-0.1, -0.05) is 19.9 Å². The van der Waals surface area contributed by atoms with Gasteiger partial charge in [0.15, 0.2) is 5.96 Å². The summed E-state index contributed by atoms with van der Waals surface area (Å²) in [5.74, 6) is 1.63. The molecule has 1 saturated heterocycles. The second-order valence-electron chi connectivity index (χ2n) is 6.51. The van der Waals surface area contributed by atoms with Crippen molar-refractivity contribution in [3.63, 3.8) is 0 Å². The second-order valence-corrected chi connectivity index (χ2v) is 7.49. The first-order valence-corrected chi connectivity index (χ1v) is 9.96. The molecule has 0 saturated carbocycles. The average molecular weight is 353 g/mol. The third kappa shape index (κ3) is 6.42. The average Bonchev–Trinajstić information content (AvgIpc) is 3.10. The Kier molecular flexibility index (Phi) is 8.56. The van der Waals surface area contributed by atoms with E-state index < -0.39 is 0 Å². The predicted octanol–water partition coefficient (Wildman–Crippen LogP) is 2.72. The first-order valence-electron chi connectivity index (χ1n) is 9.08. The maximum atomic E-state index is 5.51. The third-order valence-electron chi connectivity index (χ3n) is 4.14. The molecule has 2 rings (SSSR count). The van der Waals surface area contributed by atoms with Crippen molar-refractivity contribution in [1.29, 1.82) is 0 Å². The Labute approximate surface area is 150 Å². The van der Waals surface area contributed by atoms with Gasteiger partial charge in [-0.05, 0) is 30.7 Å². The predicted molar refractivity (Wildman–Crippen MR) is 103 cm³/mol. The Balaban J connectivity index is 1.99. The Bertz CT molecular complexity index is 469. The number of rotatable bonds is 8. The molecule has 136 valence electrons. The van der Waals surface area contributed by atoms with Crippen molar-refractivity contribution >= 4 is 17.3 Å². The van der Waals surface area contributed by atoms with Crippen molar-refractivity contribution < 1.29 is 4.74 Å². The van der Waals surface area contributed by atoms with E-state index >= 15 is 0 Å². The van der Waals surface area contributed by atoms with Crippen LogP contribution in [0.4, 0.5) is 0 Å². The van der Waals surface area contributed by atoms with Gasteiger partial charge in [0.2, 0.25) is 0 Å². The smallest absolute Gasteiger partial charge is 0.191 e. The fourth-order valence-electron chi connectivity index (χ4n) is 2.75. The minimum absolute atomic E-state index is 0.342. The summed E-state index contributed by atoms with van der Waals surface area (Å²) < 4.78 is 5.51. The SMILES string of the molecule is CCNC(=NCC(c1cccs1)N1CCOCC1)NCCC(C)C. The third-order valence-corrected chi connectivity index (χ3v) is 5.11. The van der Waals surface area contributed by atoms with E-state index in [0.29, 0.717) is 12.0 Å². The Morgan fingerprint density at radius 3 is 2.75 bits per heavy atom. The topological polar surface area (TPSA) is 48.9 Å². The standard InChI is InChI=1S/C18H32N4OS/c1-4-19-18(20-8-7-15(2)3)21-14-16(17-6-5-13-24-17)22-9-11-23-12-10-22/h5-6,13,15-16H,4,7-12,14H2,1-3H3,(H2,19,20,21). The molecule has 0 spiro atoms. The maximum Gasteiger partial charge on any atom is 0.191 e. The van der Waals surface area contributed by atoms with Crippen molar-refractivity contribution in [3.05, 3.63) is 22.4 Å². The molecule has 24 heavy (non-hydrogen) atoms. The lowest BCUT2D eigenvalue weighted by Crippen LogP contribution is -2.41. The molecule has 0 aromatic carbocycles. The highest BCUT2D eigenvalue weighted by Gasteiger charge is 2.23. The maximum absolute atomic E-state index is 5.51. The fourth-order valence-corrected chi connectivity index (χ4v) is 3.61. The molecule has 0 radical (unpaired) electrons.